The van der Waals surface area contributed by atoms with Crippen molar-refractivity contribution in [2.75, 3.05) is 19.0 Å². The van der Waals surface area contributed by atoms with Gasteiger partial charge in [0, 0.05) is 11.9 Å². The minimum Gasteiger partial charge on any atom is -0.493 e. The fraction of sp³-hybridized carbons (Fsp3) is 0.211. The Morgan fingerprint density at radius 3 is 2.58 bits per heavy atom. The van der Waals surface area contributed by atoms with Crippen LogP contribution in [0.3, 0.4) is 0 Å². The van der Waals surface area contributed by atoms with E-state index in [1.165, 1.54) is 0 Å². The molecule has 134 valence electrons. The van der Waals surface area contributed by atoms with Crippen molar-refractivity contribution in [3.05, 3.63) is 59.5 Å². The van der Waals surface area contributed by atoms with Crippen LogP contribution in [0.15, 0.2) is 42.6 Å². The monoisotopic (exact) mass is 353 g/mol. The lowest BCUT2D eigenvalue weighted by Gasteiger charge is -2.08. The Balaban J connectivity index is 1.86. The van der Waals surface area contributed by atoms with E-state index in [1.54, 1.807) is 68.0 Å². The normalized spacial score (nSPS) is 10.6. The molecule has 0 fully saturated rings. The Labute approximate surface area is 150 Å². The SMILES string of the molecule is CCOC(=O)c1ccc(NC(=O)c2c(C)nc3c(OC)cccn23)cc1. The molecule has 0 saturated heterocycles. The van der Waals surface area contributed by atoms with Crippen LogP contribution < -0.4 is 10.1 Å². The molecule has 0 spiro atoms. The summed E-state index contributed by atoms with van der Waals surface area (Å²) in [4.78, 5) is 28.8. The van der Waals surface area contributed by atoms with Gasteiger partial charge in [-0.3, -0.25) is 9.20 Å². The maximum Gasteiger partial charge on any atom is 0.338 e. The van der Waals surface area contributed by atoms with Crippen molar-refractivity contribution in [1.29, 1.82) is 0 Å². The van der Waals surface area contributed by atoms with Crippen molar-refractivity contribution in [2.45, 2.75) is 13.8 Å². The number of nitrogens with zero attached hydrogens (tertiary/aromatic N) is 2. The summed E-state index contributed by atoms with van der Waals surface area (Å²) < 4.78 is 11.9. The number of aryl methyl sites for hydroxylation is 1. The number of hydrogen-bond donors (Lipinski definition) is 1. The van der Waals surface area contributed by atoms with Gasteiger partial charge in [-0.15, -0.1) is 0 Å². The molecule has 26 heavy (non-hydrogen) atoms. The Kier molecular flexibility index (Phi) is 4.88. The van der Waals surface area contributed by atoms with Crippen molar-refractivity contribution < 1.29 is 19.1 Å². The smallest absolute Gasteiger partial charge is 0.338 e. The van der Waals surface area contributed by atoms with Crippen molar-refractivity contribution >= 4 is 23.2 Å². The van der Waals surface area contributed by atoms with E-state index in [9.17, 15) is 9.59 Å². The quantitative estimate of drug-likeness (QED) is 0.713. The summed E-state index contributed by atoms with van der Waals surface area (Å²) in [6.45, 7) is 3.83. The van der Waals surface area contributed by atoms with E-state index in [0.29, 0.717) is 40.6 Å². The molecule has 0 aliphatic rings. The fourth-order valence-corrected chi connectivity index (χ4v) is 2.68. The van der Waals surface area contributed by atoms with E-state index in [0.717, 1.165) is 0 Å². The molecule has 2 heterocycles. The fourth-order valence-electron chi connectivity index (χ4n) is 2.68. The van der Waals surface area contributed by atoms with Gasteiger partial charge in [0.2, 0.25) is 0 Å². The topological polar surface area (TPSA) is 81.9 Å². The summed E-state index contributed by atoms with van der Waals surface area (Å²) in [5.41, 5.74) is 2.60. The maximum atomic E-state index is 12.7. The number of rotatable bonds is 5. The van der Waals surface area contributed by atoms with Crippen LogP contribution in [-0.4, -0.2) is 35.0 Å². The summed E-state index contributed by atoms with van der Waals surface area (Å²) in [7, 11) is 1.56. The first-order valence-electron chi connectivity index (χ1n) is 8.15. The summed E-state index contributed by atoms with van der Waals surface area (Å²) in [6, 6.07) is 10.1. The first-order valence-corrected chi connectivity index (χ1v) is 8.15. The highest BCUT2D eigenvalue weighted by Gasteiger charge is 2.19. The first kappa shape index (κ1) is 17.5. The predicted octanol–water partition coefficient (Wildman–Crippen LogP) is 3.08. The van der Waals surface area contributed by atoms with Gasteiger partial charge in [-0.25, -0.2) is 9.78 Å². The minimum atomic E-state index is -0.393. The second-order valence-electron chi connectivity index (χ2n) is 5.57. The third-order valence-corrected chi connectivity index (χ3v) is 3.88. The zero-order valence-corrected chi connectivity index (χ0v) is 14.8. The number of esters is 1. The van der Waals surface area contributed by atoms with Crippen LogP contribution in [0.1, 0.15) is 33.5 Å². The van der Waals surface area contributed by atoms with Crippen LogP contribution in [0.4, 0.5) is 5.69 Å². The molecule has 1 N–H and O–H groups in total. The van der Waals surface area contributed by atoms with Gasteiger partial charge >= 0.3 is 5.97 Å². The van der Waals surface area contributed by atoms with Gasteiger partial charge in [0.25, 0.3) is 5.91 Å². The molecular weight excluding hydrogens is 334 g/mol. The number of methoxy groups -OCH3 is 1. The van der Waals surface area contributed by atoms with Gasteiger partial charge in [-0.05, 0) is 50.2 Å². The lowest BCUT2D eigenvalue weighted by Crippen LogP contribution is -2.15. The van der Waals surface area contributed by atoms with Crippen LogP contribution >= 0.6 is 0 Å². The highest BCUT2D eigenvalue weighted by molar-refractivity contribution is 6.04. The average molecular weight is 353 g/mol. The number of carbonyl (C=O) groups is 2. The molecule has 0 atom stereocenters. The average Bonchev–Trinajstić information content (AvgIpc) is 2.98. The number of anilines is 1. The largest absolute Gasteiger partial charge is 0.493 e. The number of amides is 1. The van der Waals surface area contributed by atoms with E-state index in [-0.39, 0.29) is 5.91 Å². The summed E-state index contributed by atoms with van der Waals surface area (Å²) in [5.74, 6) is -0.101. The van der Waals surface area contributed by atoms with Crippen LogP contribution in [0.5, 0.6) is 5.75 Å². The van der Waals surface area contributed by atoms with Crippen molar-refractivity contribution in [1.82, 2.24) is 9.38 Å². The Hall–Kier alpha value is -3.35. The zero-order valence-electron chi connectivity index (χ0n) is 14.8. The number of pyridine rings is 1. The number of aromatic nitrogens is 2. The molecule has 3 rings (SSSR count). The molecular formula is C19H19N3O4. The minimum absolute atomic E-state index is 0.299. The number of benzene rings is 1. The van der Waals surface area contributed by atoms with Crippen LogP contribution in [-0.2, 0) is 4.74 Å². The highest BCUT2D eigenvalue weighted by atomic mass is 16.5. The molecule has 0 aliphatic heterocycles. The molecule has 1 amide bonds. The molecule has 7 nitrogen and oxygen atoms in total. The first-order chi connectivity index (χ1) is 12.5. The highest BCUT2D eigenvalue weighted by Crippen LogP contribution is 2.22. The Morgan fingerprint density at radius 2 is 1.92 bits per heavy atom. The van der Waals surface area contributed by atoms with Gasteiger partial charge in [0.05, 0.1) is 25.0 Å². The third-order valence-electron chi connectivity index (χ3n) is 3.88. The summed E-state index contributed by atoms with van der Waals surface area (Å²) in [6.07, 6.45) is 1.76. The number of nitrogens with one attached hydrogen (secondary N) is 1. The van der Waals surface area contributed by atoms with E-state index in [4.69, 9.17) is 9.47 Å². The second-order valence-corrected chi connectivity index (χ2v) is 5.57. The van der Waals surface area contributed by atoms with Gasteiger partial charge in [0.15, 0.2) is 11.4 Å². The van der Waals surface area contributed by atoms with Crippen LogP contribution in [0.25, 0.3) is 5.65 Å². The molecule has 2 aromatic heterocycles. The standard InChI is InChI=1S/C19H19N3O4/c1-4-26-19(24)13-7-9-14(10-8-13)21-18(23)16-12(2)20-17-15(25-3)6-5-11-22(16)17/h5-11H,4H2,1-3H3,(H,21,23). The molecule has 3 aromatic rings. The van der Waals surface area contributed by atoms with E-state index >= 15 is 0 Å². The zero-order chi connectivity index (χ0) is 18.7. The van der Waals surface area contributed by atoms with Gasteiger partial charge in [-0.1, -0.05) is 0 Å². The van der Waals surface area contributed by atoms with Gasteiger partial charge < -0.3 is 14.8 Å². The Bertz CT molecular complexity index is 961. The molecule has 0 saturated carbocycles. The lowest BCUT2D eigenvalue weighted by atomic mass is 10.2. The molecule has 0 bridgehead atoms. The molecule has 0 aliphatic carbocycles. The third kappa shape index (κ3) is 3.23. The van der Waals surface area contributed by atoms with E-state index < -0.39 is 5.97 Å². The molecule has 0 radical (unpaired) electrons. The van der Waals surface area contributed by atoms with Gasteiger partial charge in [0.1, 0.15) is 5.69 Å². The summed E-state index contributed by atoms with van der Waals surface area (Å²) >= 11 is 0. The second kappa shape index (κ2) is 7.26. The molecule has 0 unspecified atom stereocenters. The number of hydrogen-bond acceptors (Lipinski definition) is 5. The van der Waals surface area contributed by atoms with Crippen LogP contribution in [0.2, 0.25) is 0 Å². The van der Waals surface area contributed by atoms with E-state index in [2.05, 4.69) is 10.3 Å². The Morgan fingerprint density at radius 1 is 1.19 bits per heavy atom. The lowest BCUT2D eigenvalue weighted by molar-refractivity contribution is 0.0526. The van der Waals surface area contributed by atoms with Crippen LogP contribution in [0, 0.1) is 6.92 Å². The molecule has 7 heteroatoms. The molecule has 1 aromatic carbocycles. The number of ether oxygens (including phenoxy) is 2. The number of imidazole rings is 1. The number of carbonyl (C=O) groups excluding carboxylic acids is 2. The van der Waals surface area contributed by atoms with Gasteiger partial charge in [-0.2, -0.15) is 0 Å². The van der Waals surface area contributed by atoms with Crippen molar-refractivity contribution in [3.63, 3.8) is 0 Å². The van der Waals surface area contributed by atoms with E-state index in [1.807, 2.05) is 0 Å². The number of fused-ring (bicyclic) bond motifs is 1. The predicted molar refractivity (Wildman–Crippen MR) is 96.8 cm³/mol. The van der Waals surface area contributed by atoms with Crippen molar-refractivity contribution in [3.8, 4) is 5.75 Å². The summed E-state index contributed by atoms with van der Waals surface area (Å²) in [5, 5.41) is 2.82. The maximum absolute atomic E-state index is 12.7. The van der Waals surface area contributed by atoms with Crippen molar-refractivity contribution in [2.24, 2.45) is 0 Å².